The van der Waals surface area contributed by atoms with E-state index in [9.17, 15) is 4.79 Å². The average Bonchev–Trinajstić information content (AvgIpc) is 2.85. The van der Waals surface area contributed by atoms with E-state index in [1.54, 1.807) is 12.1 Å². The van der Waals surface area contributed by atoms with E-state index in [0.717, 1.165) is 13.1 Å². The van der Waals surface area contributed by atoms with E-state index < -0.39 is 0 Å². The molecule has 1 saturated heterocycles. The zero-order chi connectivity index (χ0) is 13.0. The lowest BCUT2D eigenvalue weighted by Crippen LogP contribution is -2.45. The van der Waals surface area contributed by atoms with Crippen LogP contribution in [-0.4, -0.2) is 50.2 Å². The fourth-order valence-electron chi connectivity index (χ4n) is 1.89. The zero-order valence-electron chi connectivity index (χ0n) is 10.5. The lowest BCUT2D eigenvalue weighted by atomic mass is 10.3. The summed E-state index contributed by atoms with van der Waals surface area (Å²) in [6, 6.07) is 3.34. The Labute approximate surface area is 106 Å². The molecule has 2 heterocycles. The average molecular weight is 253 g/mol. The number of rotatable bonds is 4. The third-order valence-corrected chi connectivity index (χ3v) is 2.92. The summed E-state index contributed by atoms with van der Waals surface area (Å²) in [5, 5.41) is 2.80. The van der Waals surface area contributed by atoms with Gasteiger partial charge in [0.1, 0.15) is 5.76 Å². The molecule has 1 aromatic rings. The number of carbonyl (C=O) groups excluding carboxylic acids is 1. The predicted octanol–water partition coefficient (Wildman–Crippen LogP) is -0.201. The van der Waals surface area contributed by atoms with Crippen LogP contribution >= 0.6 is 0 Å². The molecule has 0 saturated carbocycles. The first-order chi connectivity index (χ1) is 8.69. The van der Waals surface area contributed by atoms with Crippen LogP contribution in [0.4, 0.5) is 0 Å². The number of furan rings is 1. The van der Waals surface area contributed by atoms with E-state index in [-0.39, 0.29) is 12.0 Å². The Bertz CT molecular complexity index is 405. The van der Waals surface area contributed by atoms with Crippen molar-refractivity contribution in [1.82, 2.24) is 10.2 Å². The van der Waals surface area contributed by atoms with Crippen LogP contribution in [0.3, 0.4) is 0 Å². The van der Waals surface area contributed by atoms with Crippen molar-refractivity contribution in [3.63, 3.8) is 0 Å². The Morgan fingerprint density at radius 3 is 3.11 bits per heavy atom. The zero-order valence-corrected chi connectivity index (χ0v) is 10.5. The number of amides is 1. The SMILES string of the molecule is CN1CCOC(CNC(=O)c2ccc(CN)o2)C1. The van der Waals surface area contributed by atoms with Gasteiger partial charge in [0.05, 0.1) is 19.3 Å². The Kier molecular flexibility index (Phi) is 4.35. The molecule has 18 heavy (non-hydrogen) atoms. The first-order valence-electron chi connectivity index (χ1n) is 6.06. The molecular formula is C12H19N3O3. The van der Waals surface area contributed by atoms with Gasteiger partial charge in [-0.25, -0.2) is 0 Å². The van der Waals surface area contributed by atoms with Gasteiger partial charge in [0.25, 0.3) is 5.91 Å². The number of carbonyl (C=O) groups is 1. The highest BCUT2D eigenvalue weighted by atomic mass is 16.5. The van der Waals surface area contributed by atoms with Gasteiger partial charge in [-0.1, -0.05) is 0 Å². The van der Waals surface area contributed by atoms with E-state index in [1.807, 2.05) is 7.05 Å². The maximum Gasteiger partial charge on any atom is 0.287 e. The van der Waals surface area contributed by atoms with Crippen LogP contribution in [0.15, 0.2) is 16.5 Å². The van der Waals surface area contributed by atoms with Crippen LogP contribution in [0.2, 0.25) is 0 Å². The second-order valence-corrected chi connectivity index (χ2v) is 4.44. The maximum absolute atomic E-state index is 11.8. The van der Waals surface area contributed by atoms with Crippen molar-refractivity contribution >= 4 is 5.91 Å². The quantitative estimate of drug-likeness (QED) is 0.776. The molecule has 0 aromatic carbocycles. The monoisotopic (exact) mass is 253 g/mol. The van der Waals surface area contributed by atoms with E-state index in [0.29, 0.717) is 31.2 Å². The number of morpholine rings is 1. The molecule has 6 heteroatoms. The summed E-state index contributed by atoms with van der Waals surface area (Å²) in [7, 11) is 2.04. The fraction of sp³-hybridized carbons (Fsp3) is 0.583. The normalized spacial score (nSPS) is 20.9. The molecule has 100 valence electrons. The molecule has 1 fully saturated rings. The summed E-state index contributed by atoms with van der Waals surface area (Å²) < 4.78 is 10.8. The first-order valence-corrected chi connectivity index (χ1v) is 6.06. The Morgan fingerprint density at radius 1 is 1.61 bits per heavy atom. The van der Waals surface area contributed by atoms with E-state index >= 15 is 0 Å². The third-order valence-electron chi connectivity index (χ3n) is 2.92. The van der Waals surface area contributed by atoms with E-state index in [1.165, 1.54) is 0 Å². The molecule has 0 bridgehead atoms. The summed E-state index contributed by atoms with van der Waals surface area (Å²) in [6.07, 6.45) is 0.0386. The van der Waals surface area contributed by atoms with Crippen LogP contribution in [0.1, 0.15) is 16.3 Å². The number of hydrogen-bond donors (Lipinski definition) is 2. The van der Waals surface area contributed by atoms with Crippen LogP contribution < -0.4 is 11.1 Å². The Morgan fingerprint density at radius 2 is 2.44 bits per heavy atom. The van der Waals surface area contributed by atoms with Crippen molar-refractivity contribution in [3.05, 3.63) is 23.7 Å². The van der Waals surface area contributed by atoms with Gasteiger partial charge in [-0.2, -0.15) is 0 Å². The molecule has 0 radical (unpaired) electrons. The summed E-state index contributed by atoms with van der Waals surface area (Å²) in [5.41, 5.74) is 5.42. The second-order valence-electron chi connectivity index (χ2n) is 4.44. The van der Waals surface area contributed by atoms with Crippen molar-refractivity contribution in [1.29, 1.82) is 0 Å². The van der Waals surface area contributed by atoms with E-state index in [4.69, 9.17) is 14.9 Å². The molecular weight excluding hydrogens is 234 g/mol. The summed E-state index contributed by atoms with van der Waals surface area (Å²) in [6.45, 7) is 3.25. The molecule has 1 unspecified atom stereocenters. The minimum absolute atomic E-state index is 0.0386. The Balaban J connectivity index is 1.80. The highest BCUT2D eigenvalue weighted by molar-refractivity contribution is 5.91. The van der Waals surface area contributed by atoms with Gasteiger partial charge in [-0.15, -0.1) is 0 Å². The van der Waals surface area contributed by atoms with Gasteiger partial charge in [0.2, 0.25) is 0 Å². The maximum atomic E-state index is 11.8. The topological polar surface area (TPSA) is 80.7 Å². The fourth-order valence-corrected chi connectivity index (χ4v) is 1.89. The molecule has 6 nitrogen and oxygen atoms in total. The molecule has 1 aliphatic rings. The smallest absolute Gasteiger partial charge is 0.287 e. The van der Waals surface area contributed by atoms with Crippen molar-refractivity contribution < 1.29 is 13.9 Å². The standard InChI is InChI=1S/C12H19N3O3/c1-15-4-5-17-10(8-15)7-14-12(16)11-3-2-9(6-13)18-11/h2-3,10H,4-8,13H2,1H3,(H,14,16). The summed E-state index contributed by atoms with van der Waals surface area (Å²) in [5.74, 6) is 0.667. The van der Waals surface area contributed by atoms with Gasteiger partial charge >= 0.3 is 0 Å². The second kappa shape index (κ2) is 5.99. The minimum atomic E-state index is -0.230. The van der Waals surface area contributed by atoms with Crippen LogP contribution in [-0.2, 0) is 11.3 Å². The summed E-state index contributed by atoms with van der Waals surface area (Å²) >= 11 is 0. The molecule has 2 rings (SSSR count). The molecule has 3 N–H and O–H groups in total. The minimum Gasteiger partial charge on any atom is -0.455 e. The highest BCUT2D eigenvalue weighted by Crippen LogP contribution is 2.07. The van der Waals surface area contributed by atoms with Crippen molar-refractivity contribution in [3.8, 4) is 0 Å². The van der Waals surface area contributed by atoms with Crippen molar-refractivity contribution in [2.75, 3.05) is 33.3 Å². The third kappa shape index (κ3) is 3.32. The lowest BCUT2D eigenvalue weighted by Gasteiger charge is -2.29. The number of nitrogens with two attached hydrogens (primary N) is 1. The Hall–Kier alpha value is -1.37. The van der Waals surface area contributed by atoms with Crippen LogP contribution in [0, 0.1) is 0 Å². The molecule has 1 atom stereocenters. The predicted molar refractivity (Wildman–Crippen MR) is 66.2 cm³/mol. The summed E-state index contributed by atoms with van der Waals surface area (Å²) in [4.78, 5) is 14.0. The molecule has 1 amide bonds. The van der Waals surface area contributed by atoms with Gasteiger partial charge < -0.3 is 25.1 Å². The largest absolute Gasteiger partial charge is 0.455 e. The first kappa shape index (κ1) is 13.1. The number of ether oxygens (including phenoxy) is 1. The molecule has 1 aromatic heterocycles. The number of likely N-dealkylation sites (N-methyl/N-ethyl adjacent to an activating group) is 1. The molecule has 0 aliphatic carbocycles. The van der Waals surface area contributed by atoms with E-state index in [2.05, 4.69) is 10.2 Å². The number of nitrogens with zero attached hydrogens (tertiary/aromatic N) is 1. The lowest BCUT2D eigenvalue weighted by molar-refractivity contribution is -0.0176. The highest BCUT2D eigenvalue weighted by Gasteiger charge is 2.19. The molecule has 1 aliphatic heterocycles. The van der Waals surface area contributed by atoms with Crippen molar-refractivity contribution in [2.24, 2.45) is 5.73 Å². The van der Waals surface area contributed by atoms with Crippen molar-refractivity contribution in [2.45, 2.75) is 12.6 Å². The van der Waals surface area contributed by atoms with Gasteiger partial charge in [-0.3, -0.25) is 4.79 Å². The molecule has 0 spiro atoms. The van der Waals surface area contributed by atoms with Crippen LogP contribution in [0.5, 0.6) is 0 Å². The van der Waals surface area contributed by atoms with Crippen LogP contribution in [0.25, 0.3) is 0 Å². The number of nitrogens with one attached hydrogen (secondary N) is 1. The van der Waals surface area contributed by atoms with Gasteiger partial charge in [0.15, 0.2) is 5.76 Å². The van der Waals surface area contributed by atoms with Gasteiger partial charge in [0, 0.05) is 19.6 Å². The van der Waals surface area contributed by atoms with Gasteiger partial charge in [-0.05, 0) is 19.2 Å². The number of hydrogen-bond acceptors (Lipinski definition) is 5.